The summed E-state index contributed by atoms with van der Waals surface area (Å²) in [6.07, 6.45) is -4.03. The van der Waals surface area contributed by atoms with E-state index in [-0.39, 0.29) is 149 Å². The third-order valence-corrected chi connectivity index (χ3v) is 20.6. The van der Waals surface area contributed by atoms with Gasteiger partial charge in [-0.3, -0.25) is 38.4 Å². The molecule has 34 heteroatoms. The lowest BCUT2D eigenvalue weighted by Crippen LogP contribution is -2.49. The average molecular weight is 1580 g/mol. The minimum absolute atomic E-state index is 0.0729. The van der Waals surface area contributed by atoms with Crippen molar-refractivity contribution in [2.75, 3.05) is 31.9 Å². The van der Waals surface area contributed by atoms with Gasteiger partial charge in [0.1, 0.15) is 0 Å². The van der Waals surface area contributed by atoms with Crippen molar-refractivity contribution in [2.24, 2.45) is 0 Å². The molecule has 6 bridgehead atoms. The Morgan fingerprint density at radius 1 is 0.298 bits per heavy atom. The smallest absolute Gasteiger partial charge is 0.319 e. The zero-order valence-corrected chi connectivity index (χ0v) is 64.3. The monoisotopic (exact) mass is 1570 g/mol. The lowest BCUT2D eigenvalue weighted by Gasteiger charge is -2.34. The fraction of sp³-hybridized carbons (Fsp3) is 0.400. The molecule has 3 aliphatic rings. The Hall–Kier alpha value is -13.0. The average Bonchev–Trinajstić information content (AvgIpc) is 0.771. The van der Waals surface area contributed by atoms with Crippen molar-refractivity contribution in [3.63, 3.8) is 0 Å². The first-order valence-electron chi connectivity index (χ1n) is 37.8. The molecule has 9 rings (SSSR count). The van der Waals surface area contributed by atoms with Gasteiger partial charge in [-0.25, -0.2) is 28.8 Å². The molecule has 0 atom stereocenters. The molecule has 3 aliphatic heterocycles. The van der Waals surface area contributed by atoms with Gasteiger partial charge in [0.25, 0.3) is 11.8 Å². The molecule has 0 fully saturated rings. The lowest BCUT2D eigenvalue weighted by molar-refractivity contribution is -0.140. The van der Waals surface area contributed by atoms with Crippen LogP contribution in [0.3, 0.4) is 0 Å². The van der Waals surface area contributed by atoms with Gasteiger partial charge in [0.05, 0.1) is 34.1 Å². The molecule has 608 valence electrons. The molecule has 0 aromatic heterocycles. The summed E-state index contributed by atoms with van der Waals surface area (Å²) in [5.41, 5.74) is 3.52. The molecule has 14 amide bonds. The van der Waals surface area contributed by atoms with E-state index in [1.165, 1.54) is 36.4 Å². The van der Waals surface area contributed by atoms with E-state index in [1.54, 1.807) is 12.1 Å². The minimum Gasteiger partial charge on any atom is -0.481 e. The number of carboxylic acid groups (broad SMARTS) is 6. The van der Waals surface area contributed by atoms with E-state index in [9.17, 15) is 97.8 Å². The Morgan fingerprint density at radius 3 is 0.702 bits per heavy atom. The second kappa shape index (κ2) is 39.7. The van der Waals surface area contributed by atoms with E-state index >= 15 is 0 Å². The van der Waals surface area contributed by atoms with Crippen molar-refractivity contribution in [2.45, 2.75) is 207 Å². The summed E-state index contributed by atoms with van der Waals surface area (Å²) < 4.78 is 0. The number of benzene rings is 6. The van der Waals surface area contributed by atoms with E-state index in [4.69, 9.17) is 0 Å². The highest BCUT2D eigenvalue weighted by Crippen LogP contribution is 2.37. The molecule has 0 saturated heterocycles. The maximum Gasteiger partial charge on any atom is 0.319 e. The highest BCUT2D eigenvalue weighted by atomic mass is 16.4. The lowest BCUT2D eigenvalue weighted by atomic mass is 9.83. The second-order valence-electron chi connectivity index (χ2n) is 27.8. The van der Waals surface area contributed by atoms with Crippen LogP contribution in [-0.2, 0) is 107 Å². The van der Waals surface area contributed by atoms with E-state index in [0.29, 0.717) is 85.0 Å². The Kier molecular flexibility index (Phi) is 30.2. The van der Waals surface area contributed by atoms with Crippen LogP contribution in [0.1, 0.15) is 206 Å². The molecular weight excluding hydrogens is 1480 g/mol. The zero-order valence-electron chi connectivity index (χ0n) is 64.3. The number of hydrogen-bond acceptors (Lipinski definition) is 14. The molecule has 0 saturated carbocycles. The van der Waals surface area contributed by atoms with Crippen LogP contribution in [0.2, 0.25) is 0 Å². The van der Waals surface area contributed by atoms with Gasteiger partial charge in [-0.2, -0.15) is 0 Å². The molecule has 3 heterocycles. The molecule has 20 N–H and O–H groups in total. The summed E-state index contributed by atoms with van der Waals surface area (Å²) >= 11 is 0. The van der Waals surface area contributed by atoms with Crippen molar-refractivity contribution in [1.29, 1.82) is 0 Å². The maximum absolute atomic E-state index is 14.9. The highest BCUT2D eigenvalue weighted by molar-refractivity contribution is 6.06. The quantitative estimate of drug-likeness (QED) is 0.0217. The summed E-state index contributed by atoms with van der Waals surface area (Å²) in [5, 5.41) is 100. The second-order valence-corrected chi connectivity index (χ2v) is 27.8. The number of nitrogens with one attached hydrogen (secondary N) is 14. The molecule has 114 heavy (non-hydrogen) atoms. The number of amides is 14. The fourth-order valence-electron chi connectivity index (χ4n) is 15.1. The number of hydrogen-bond donors (Lipinski definition) is 20. The Labute approximate surface area is 656 Å². The van der Waals surface area contributed by atoms with Crippen molar-refractivity contribution in [1.82, 2.24) is 42.5 Å². The maximum atomic E-state index is 14.9. The first-order chi connectivity index (χ1) is 54.3. The van der Waals surface area contributed by atoms with Gasteiger partial charge in [-0.15, -0.1) is 0 Å². The van der Waals surface area contributed by atoms with Gasteiger partial charge < -0.3 is 105 Å². The summed E-state index contributed by atoms with van der Waals surface area (Å²) in [6.45, 7) is 9.87. The van der Waals surface area contributed by atoms with E-state index < -0.39 is 133 Å². The predicted octanol–water partition coefficient (Wildman–Crippen LogP) is 10.9. The van der Waals surface area contributed by atoms with Gasteiger partial charge in [0, 0.05) is 100.0 Å². The van der Waals surface area contributed by atoms with Gasteiger partial charge in [-0.05, 0) is 203 Å². The molecule has 6 aromatic rings. The Morgan fingerprint density at radius 2 is 0.500 bits per heavy atom. The largest absolute Gasteiger partial charge is 0.481 e. The molecule has 6 aromatic carbocycles. The van der Waals surface area contributed by atoms with Crippen LogP contribution in [0, 0.1) is 0 Å². The van der Waals surface area contributed by atoms with Gasteiger partial charge in [-0.1, -0.05) is 65.8 Å². The predicted molar refractivity (Wildman–Crippen MR) is 423 cm³/mol. The van der Waals surface area contributed by atoms with Crippen LogP contribution in [0.5, 0.6) is 0 Å². The van der Waals surface area contributed by atoms with E-state index in [2.05, 4.69) is 74.4 Å². The number of carbonyl (C=O) groups is 14. The van der Waals surface area contributed by atoms with Crippen LogP contribution >= 0.6 is 0 Å². The number of aliphatic carboxylic acids is 6. The van der Waals surface area contributed by atoms with E-state index in [1.807, 2.05) is 65.8 Å². The van der Waals surface area contributed by atoms with Gasteiger partial charge >= 0.3 is 72.0 Å². The molecular formula is C80H98N14O20. The molecule has 34 nitrogen and oxygen atoms in total. The summed E-state index contributed by atoms with van der Waals surface area (Å²) in [7, 11) is 0. The number of carboxylic acids is 6. The minimum atomic E-state index is -1.69. The van der Waals surface area contributed by atoms with Crippen LogP contribution in [-0.4, -0.2) is 126 Å². The highest BCUT2D eigenvalue weighted by Gasteiger charge is 2.37. The number of carbonyl (C=O) groups excluding carboxylic acids is 8. The van der Waals surface area contributed by atoms with Crippen molar-refractivity contribution in [3.8, 4) is 0 Å². The molecule has 0 radical (unpaired) electrons. The van der Waals surface area contributed by atoms with Crippen molar-refractivity contribution < 1.29 is 97.8 Å². The summed E-state index contributed by atoms with van der Waals surface area (Å²) in [6, 6.07) is 13.5. The first kappa shape index (κ1) is 86.6. The van der Waals surface area contributed by atoms with Gasteiger partial charge in [0.2, 0.25) is 0 Å². The summed E-state index contributed by atoms with van der Waals surface area (Å²) in [4.78, 5) is 190. The van der Waals surface area contributed by atoms with Crippen LogP contribution in [0.4, 0.5) is 62.9 Å². The van der Waals surface area contributed by atoms with E-state index in [0.717, 1.165) is 5.39 Å². The van der Waals surface area contributed by atoms with Crippen molar-refractivity contribution >= 4 is 129 Å². The summed E-state index contributed by atoms with van der Waals surface area (Å²) in [5.74, 6) is -9.70. The first-order valence-corrected chi connectivity index (χ1v) is 37.8. The van der Waals surface area contributed by atoms with Crippen molar-refractivity contribution in [3.05, 3.63) is 151 Å². The number of anilines is 6. The number of urea groups is 6. The SMILES string of the molecule is CCc1c2c(CC)c3c(CC)c1CNC(=O)Nc1ccc(C(=O)NC(CCC(=O)O)(CCC(=O)O)CCC(=O)O)cc1NC(=O)NCc1c(CC)c(c(CC)c(c1CC)CNC(=O)Nc1cc4ccccc4cc1NC(=O)NC3)CNC(=O)Nc1cc(C(=O)NC(CCC(=O)O)(CCC(=O)O)CCC(=O)O)ccc1NC(=O)NC2. The zero-order chi connectivity index (χ0) is 83.1. The Bertz CT molecular complexity index is 4440. The third-order valence-electron chi connectivity index (χ3n) is 20.6. The topological polar surface area (TPSA) is 529 Å². The molecule has 0 aliphatic carbocycles. The normalized spacial score (nSPS) is 13.8. The standard InChI is InChI=1S/C80H98N14O20/c1-7-47-53-37-81-73(109)87-59-19-17-45(71(107)93-79(27-21-65(95)96,28-22-66(97)98)29-23-67(99)100)35-61(59)89-75(111)83-39-55-50(10-4)56-40-84-76(112)90-62-36-46(72(108)94-80(30-24-68(101)102,31-25-69(103)104)32-26-70(105)106)18-20-60(62)88-74(110)82-38-54(47)49(9-3)57(48(53)8-2)41-85-77(113)91-63-33-43-15-13-14-16-44(43)34-64(63)92-78(114)86-42-58(51(55)11-5)52(56)12-6/h13-20,33-36H,7-12,21-32,37-42H2,1-6H3,(H,93,107)(H,94,108)(H,95,96)(H,97,98)(H,99,100)(H,101,102)(H,103,104)(H,105,106)(H2,81,87,109)(H2,82,88,110)(H2,83,89,111)(H2,84,90,112)(H2,85,91,113)(H2,86,92,114). The molecule has 0 unspecified atom stereocenters. The van der Waals surface area contributed by atoms with Crippen LogP contribution < -0.4 is 74.4 Å². The third kappa shape index (κ3) is 22.8. The molecule has 0 spiro atoms. The van der Waals surface area contributed by atoms with Crippen LogP contribution in [0.25, 0.3) is 10.8 Å². The van der Waals surface area contributed by atoms with Gasteiger partial charge in [0.15, 0.2) is 0 Å². The number of rotatable bonds is 28. The number of fused-ring (bicyclic) bond motifs is 19. The fourth-order valence-corrected chi connectivity index (χ4v) is 15.1. The Balaban J connectivity index is 1.35. The van der Waals surface area contributed by atoms with Crippen LogP contribution in [0.15, 0.2) is 72.8 Å².